The molecule has 2 N–H and O–H groups in total. The third-order valence-corrected chi connectivity index (χ3v) is 7.94. The van der Waals surface area contributed by atoms with Crippen LogP contribution in [0.15, 0.2) is 36.5 Å². The largest absolute Gasteiger partial charge is 0.488 e. The van der Waals surface area contributed by atoms with Crippen molar-refractivity contribution in [3.63, 3.8) is 0 Å². The Bertz CT molecular complexity index is 1240. The van der Waals surface area contributed by atoms with Gasteiger partial charge in [0.25, 0.3) is 0 Å². The Morgan fingerprint density at radius 1 is 1.18 bits per heavy atom. The molecule has 1 saturated heterocycles. The number of nitrogens with one attached hydrogen (secondary N) is 2. The Labute approximate surface area is 201 Å². The Kier molecular flexibility index (Phi) is 5.35. The number of fused-ring (bicyclic) bond motifs is 4. The number of halogens is 1. The lowest BCUT2D eigenvalue weighted by atomic mass is 9.85. The number of rotatable bonds is 4. The molecule has 7 heteroatoms. The van der Waals surface area contributed by atoms with Gasteiger partial charge in [0.15, 0.2) is 5.78 Å². The zero-order valence-corrected chi connectivity index (χ0v) is 20.1. The molecule has 33 heavy (non-hydrogen) atoms. The summed E-state index contributed by atoms with van der Waals surface area (Å²) in [5.41, 5.74) is 7.42. The first-order valence-electron chi connectivity index (χ1n) is 11.5. The summed E-state index contributed by atoms with van der Waals surface area (Å²) in [4.78, 5) is 20.6. The molecule has 2 aliphatic heterocycles. The Morgan fingerprint density at radius 3 is 2.97 bits per heavy atom. The number of Topliss-reactive ketones (excluding diaryl/α,β-unsaturated/α-hetero) is 1. The molecular formula is C26H26BrN3O3. The van der Waals surface area contributed by atoms with Crippen molar-refractivity contribution in [1.82, 2.24) is 15.3 Å². The first kappa shape index (κ1) is 21.1. The molecule has 6 nitrogen and oxygen atoms in total. The lowest BCUT2D eigenvalue weighted by Gasteiger charge is -2.26. The van der Waals surface area contributed by atoms with Crippen LogP contribution < -0.4 is 10.1 Å². The van der Waals surface area contributed by atoms with E-state index in [2.05, 4.69) is 55.5 Å². The second kappa shape index (κ2) is 8.38. The number of ketones is 1. The minimum Gasteiger partial charge on any atom is -0.488 e. The van der Waals surface area contributed by atoms with Gasteiger partial charge >= 0.3 is 0 Å². The number of carbonyl (C=O) groups excluding carboxylic acids is 1. The number of hydrogen-bond donors (Lipinski definition) is 2. The molecule has 1 unspecified atom stereocenters. The molecule has 0 saturated carbocycles. The predicted molar refractivity (Wildman–Crippen MR) is 130 cm³/mol. The topological polar surface area (TPSA) is 76.2 Å². The molecule has 3 heterocycles. The summed E-state index contributed by atoms with van der Waals surface area (Å²) in [5.74, 6) is 2.45. The molecule has 0 amide bonds. The molecule has 0 bridgehead atoms. The van der Waals surface area contributed by atoms with Crippen molar-refractivity contribution in [3.05, 3.63) is 59.0 Å². The van der Waals surface area contributed by atoms with Crippen molar-refractivity contribution in [2.24, 2.45) is 5.92 Å². The van der Waals surface area contributed by atoms with Crippen LogP contribution in [-0.2, 0) is 17.8 Å². The van der Waals surface area contributed by atoms with Gasteiger partial charge in [-0.3, -0.25) is 4.79 Å². The highest BCUT2D eigenvalue weighted by Gasteiger charge is 2.30. The Balaban J connectivity index is 1.28. The van der Waals surface area contributed by atoms with Gasteiger partial charge in [0.05, 0.1) is 29.4 Å². The van der Waals surface area contributed by atoms with Crippen molar-refractivity contribution in [1.29, 1.82) is 0 Å². The number of ether oxygens (including phenoxy) is 2. The summed E-state index contributed by atoms with van der Waals surface area (Å²) in [5, 5.41) is 3.54. The molecule has 3 aliphatic rings. The number of nitrogens with zero attached hydrogens (tertiary/aromatic N) is 1. The van der Waals surface area contributed by atoms with Crippen LogP contribution >= 0.6 is 15.9 Å². The third kappa shape index (κ3) is 3.72. The molecule has 1 aliphatic carbocycles. The van der Waals surface area contributed by atoms with Gasteiger partial charge in [-0.1, -0.05) is 28.1 Å². The lowest BCUT2D eigenvalue weighted by Crippen LogP contribution is -2.23. The number of imidazole rings is 1. The average Bonchev–Trinajstić information content (AvgIpc) is 3.50. The number of aryl methyl sites for hydroxylation is 1. The van der Waals surface area contributed by atoms with E-state index < -0.39 is 0 Å². The van der Waals surface area contributed by atoms with Gasteiger partial charge in [-0.25, -0.2) is 4.98 Å². The van der Waals surface area contributed by atoms with Crippen molar-refractivity contribution in [3.8, 4) is 28.1 Å². The second-order valence-electron chi connectivity index (χ2n) is 9.24. The number of hydrogen-bond acceptors (Lipinski definition) is 5. The quantitative estimate of drug-likeness (QED) is 0.494. The summed E-state index contributed by atoms with van der Waals surface area (Å²) >= 11 is 3.50. The van der Waals surface area contributed by atoms with Crippen molar-refractivity contribution in [2.45, 2.75) is 36.7 Å². The number of aromatic amines is 1. The van der Waals surface area contributed by atoms with E-state index in [0.29, 0.717) is 12.5 Å². The maximum atomic E-state index is 12.6. The lowest BCUT2D eigenvalue weighted by molar-refractivity contribution is 0.0981. The van der Waals surface area contributed by atoms with Gasteiger partial charge in [0, 0.05) is 24.8 Å². The monoisotopic (exact) mass is 507 g/mol. The molecule has 3 aromatic rings. The van der Waals surface area contributed by atoms with Crippen LogP contribution in [0.4, 0.5) is 0 Å². The van der Waals surface area contributed by atoms with E-state index in [1.807, 2.05) is 12.3 Å². The smallest absolute Gasteiger partial charge is 0.176 e. The number of methoxy groups -OCH3 is 1. The fourth-order valence-electron chi connectivity index (χ4n) is 5.31. The third-order valence-electron chi connectivity index (χ3n) is 7.06. The van der Waals surface area contributed by atoms with Crippen LogP contribution in [0, 0.1) is 5.92 Å². The van der Waals surface area contributed by atoms with Crippen molar-refractivity contribution in [2.75, 3.05) is 20.3 Å². The fourth-order valence-corrected chi connectivity index (χ4v) is 5.79. The summed E-state index contributed by atoms with van der Waals surface area (Å²) < 4.78 is 11.4. The number of benzene rings is 2. The van der Waals surface area contributed by atoms with Gasteiger partial charge in [0.1, 0.15) is 18.2 Å². The van der Waals surface area contributed by atoms with Crippen LogP contribution in [0.3, 0.4) is 0 Å². The normalized spacial score (nSPS) is 23.6. The summed E-state index contributed by atoms with van der Waals surface area (Å²) in [6.45, 7) is 2.22. The second-order valence-corrected chi connectivity index (χ2v) is 10.3. The Hall–Kier alpha value is -2.48. The number of H-pyrrole nitrogens is 1. The molecule has 1 aromatic heterocycles. The van der Waals surface area contributed by atoms with E-state index in [1.165, 1.54) is 5.56 Å². The Morgan fingerprint density at radius 2 is 2.09 bits per heavy atom. The highest BCUT2D eigenvalue weighted by atomic mass is 79.9. The van der Waals surface area contributed by atoms with Crippen molar-refractivity contribution < 1.29 is 14.3 Å². The molecule has 0 radical (unpaired) electrons. The van der Waals surface area contributed by atoms with E-state index in [0.717, 1.165) is 77.5 Å². The van der Waals surface area contributed by atoms with Gasteiger partial charge in [-0.05, 0) is 65.6 Å². The number of aromatic nitrogens is 2. The maximum Gasteiger partial charge on any atom is 0.176 e. The summed E-state index contributed by atoms with van der Waals surface area (Å²) in [6.07, 6.45) is 4.67. The molecule has 2 aromatic carbocycles. The molecular weight excluding hydrogens is 482 g/mol. The van der Waals surface area contributed by atoms with E-state index in [4.69, 9.17) is 9.47 Å². The molecule has 170 valence electrons. The fraction of sp³-hybridized carbons (Fsp3) is 0.385. The van der Waals surface area contributed by atoms with Crippen LogP contribution in [0.25, 0.3) is 22.4 Å². The molecule has 0 spiro atoms. The van der Waals surface area contributed by atoms with E-state index in [1.54, 1.807) is 7.11 Å². The zero-order chi connectivity index (χ0) is 22.5. The van der Waals surface area contributed by atoms with Crippen LogP contribution in [0.2, 0.25) is 0 Å². The SMILES string of the molecule is COC[C@@H]1CN[C@H](c2ncc(-c3ccc4c(c3)COc3cc5c(cc3-4)CCC(Br)C5=O)[nH]2)C1. The maximum absolute atomic E-state index is 12.6. The number of carbonyl (C=O) groups is 1. The molecule has 3 atom stereocenters. The van der Waals surface area contributed by atoms with Gasteiger partial charge in [-0.2, -0.15) is 0 Å². The minimum atomic E-state index is -0.0916. The highest BCUT2D eigenvalue weighted by Crippen LogP contribution is 2.42. The van der Waals surface area contributed by atoms with Gasteiger partial charge in [-0.15, -0.1) is 0 Å². The molecule has 1 fully saturated rings. The van der Waals surface area contributed by atoms with E-state index in [9.17, 15) is 4.79 Å². The van der Waals surface area contributed by atoms with Crippen molar-refractivity contribution >= 4 is 21.7 Å². The predicted octanol–water partition coefficient (Wildman–Crippen LogP) is 4.83. The molecule has 6 rings (SSSR count). The summed E-state index contributed by atoms with van der Waals surface area (Å²) in [7, 11) is 1.75. The van der Waals surface area contributed by atoms with E-state index >= 15 is 0 Å². The van der Waals surface area contributed by atoms with Crippen LogP contribution in [-0.4, -0.2) is 40.8 Å². The van der Waals surface area contributed by atoms with Gasteiger partial charge in [0.2, 0.25) is 0 Å². The highest BCUT2D eigenvalue weighted by molar-refractivity contribution is 9.10. The average molecular weight is 508 g/mol. The first-order chi connectivity index (χ1) is 16.1. The van der Waals surface area contributed by atoms with Crippen LogP contribution in [0.5, 0.6) is 5.75 Å². The first-order valence-corrected chi connectivity index (χ1v) is 12.4. The van der Waals surface area contributed by atoms with Gasteiger partial charge < -0.3 is 19.8 Å². The van der Waals surface area contributed by atoms with E-state index in [-0.39, 0.29) is 16.7 Å². The standard InChI is InChI=1S/C26H26BrN3O3/c1-32-12-14-6-22(28-10-14)26-29-11-23(30-26)16-2-4-18-17(7-16)13-33-24-9-19-15(8-20(18)24)3-5-21(27)25(19)31/h2,4,7-9,11,14,21-22,28H,3,5-6,10,12-13H2,1H3,(H,29,30)/t14-,21?,22-/m0/s1. The number of alkyl halides is 1. The minimum absolute atomic E-state index is 0.0916. The zero-order valence-electron chi connectivity index (χ0n) is 18.5. The van der Waals surface area contributed by atoms with Crippen LogP contribution in [0.1, 0.15) is 46.2 Å². The summed E-state index contributed by atoms with van der Waals surface area (Å²) in [6, 6.07) is 10.8.